The van der Waals surface area contributed by atoms with E-state index in [0.29, 0.717) is 13.2 Å². The van der Waals surface area contributed by atoms with Crippen LogP contribution in [0.25, 0.3) is 0 Å². The Kier molecular flexibility index (Phi) is 19.0. The molecule has 0 fully saturated rings. The van der Waals surface area contributed by atoms with E-state index < -0.39 is 6.10 Å². The summed E-state index contributed by atoms with van der Waals surface area (Å²) in [6.45, 7) is 3.59. The molecule has 0 saturated heterocycles. The van der Waals surface area contributed by atoms with Crippen molar-refractivity contribution in [3.8, 4) is 0 Å². The first kappa shape index (κ1) is 23.8. The highest BCUT2D eigenvalue weighted by Gasteiger charge is 2.11. The van der Waals surface area contributed by atoms with Gasteiger partial charge in [0, 0.05) is 13.7 Å². The van der Waals surface area contributed by atoms with Gasteiger partial charge in [0.1, 0.15) is 12.2 Å². The lowest BCUT2D eigenvalue weighted by Gasteiger charge is -2.17. The molecule has 2 unspecified atom stereocenters. The minimum Gasteiger partial charge on any atom is -0.394 e. The molecule has 0 radical (unpaired) electrons. The highest BCUT2D eigenvalue weighted by molar-refractivity contribution is 4.58. The van der Waals surface area contributed by atoms with E-state index in [1.807, 2.05) is 0 Å². The van der Waals surface area contributed by atoms with Gasteiger partial charge in [-0.05, 0) is 6.42 Å². The SMILES string of the molecule is CCCCCCCCCCCCOCC(O)COC(CO)COC. The lowest BCUT2D eigenvalue weighted by atomic mass is 10.1. The lowest BCUT2D eigenvalue weighted by Crippen LogP contribution is -2.30. The van der Waals surface area contributed by atoms with E-state index in [0.717, 1.165) is 6.42 Å². The molecule has 2 N–H and O–H groups in total. The van der Waals surface area contributed by atoms with E-state index in [1.165, 1.54) is 57.8 Å². The minimum atomic E-state index is -0.654. The summed E-state index contributed by atoms with van der Waals surface area (Å²) in [5, 5.41) is 18.8. The Balaban J connectivity index is 3.25. The van der Waals surface area contributed by atoms with Gasteiger partial charge in [0.05, 0.1) is 26.4 Å². The number of aliphatic hydroxyl groups is 2. The van der Waals surface area contributed by atoms with Gasteiger partial charge in [-0.1, -0.05) is 64.7 Å². The maximum Gasteiger partial charge on any atom is 0.104 e. The molecule has 0 aromatic heterocycles. The van der Waals surface area contributed by atoms with Crippen molar-refractivity contribution in [2.24, 2.45) is 0 Å². The fourth-order valence-electron chi connectivity index (χ4n) is 2.55. The van der Waals surface area contributed by atoms with E-state index >= 15 is 0 Å². The molecule has 0 aromatic carbocycles. The van der Waals surface area contributed by atoms with Gasteiger partial charge in [-0.15, -0.1) is 0 Å². The molecule has 0 spiro atoms. The van der Waals surface area contributed by atoms with Crippen molar-refractivity contribution in [2.45, 2.75) is 83.3 Å². The average molecular weight is 349 g/mol. The van der Waals surface area contributed by atoms with Crippen LogP contribution in [0.15, 0.2) is 0 Å². The summed E-state index contributed by atoms with van der Waals surface area (Å²) in [5.41, 5.74) is 0. The Morgan fingerprint density at radius 3 is 1.92 bits per heavy atom. The number of hydrogen-bond donors (Lipinski definition) is 2. The molecule has 0 aliphatic rings. The molecular weight excluding hydrogens is 308 g/mol. The van der Waals surface area contributed by atoms with Gasteiger partial charge < -0.3 is 24.4 Å². The standard InChI is InChI=1S/C19H40O5/c1-3-4-5-6-7-8-9-10-11-12-13-23-15-18(21)16-24-19(14-20)17-22-2/h18-21H,3-17H2,1-2H3. The summed E-state index contributed by atoms with van der Waals surface area (Å²) in [6, 6.07) is 0. The number of aliphatic hydroxyl groups excluding tert-OH is 2. The van der Waals surface area contributed by atoms with E-state index in [4.69, 9.17) is 19.3 Å². The third-order valence-corrected chi connectivity index (χ3v) is 4.03. The molecule has 0 aliphatic carbocycles. The van der Waals surface area contributed by atoms with Crippen LogP contribution >= 0.6 is 0 Å². The smallest absolute Gasteiger partial charge is 0.104 e. The Labute approximate surface area is 148 Å². The third-order valence-electron chi connectivity index (χ3n) is 4.03. The molecule has 24 heavy (non-hydrogen) atoms. The molecule has 0 bridgehead atoms. The van der Waals surface area contributed by atoms with Gasteiger partial charge in [0.2, 0.25) is 0 Å². The normalized spacial score (nSPS) is 14.0. The van der Waals surface area contributed by atoms with Crippen molar-refractivity contribution in [3.63, 3.8) is 0 Å². The van der Waals surface area contributed by atoms with Crippen LogP contribution in [0.4, 0.5) is 0 Å². The first-order chi connectivity index (χ1) is 11.7. The zero-order valence-corrected chi connectivity index (χ0v) is 15.9. The number of hydrogen-bond acceptors (Lipinski definition) is 5. The van der Waals surface area contributed by atoms with E-state index in [2.05, 4.69) is 6.92 Å². The Hall–Kier alpha value is -0.200. The third kappa shape index (κ3) is 16.7. The number of unbranched alkanes of at least 4 members (excludes halogenated alkanes) is 9. The zero-order valence-electron chi connectivity index (χ0n) is 15.9. The summed E-state index contributed by atoms with van der Waals surface area (Å²) < 4.78 is 15.7. The number of ether oxygens (including phenoxy) is 3. The quantitative estimate of drug-likeness (QED) is 0.351. The van der Waals surface area contributed by atoms with Gasteiger partial charge in [0.25, 0.3) is 0 Å². The molecule has 0 heterocycles. The number of rotatable bonds is 19. The van der Waals surface area contributed by atoms with Crippen LogP contribution < -0.4 is 0 Å². The molecule has 0 saturated carbocycles. The maximum atomic E-state index is 9.75. The Morgan fingerprint density at radius 1 is 0.792 bits per heavy atom. The van der Waals surface area contributed by atoms with E-state index in [1.54, 1.807) is 7.11 Å². The minimum absolute atomic E-state index is 0.111. The predicted octanol–water partition coefficient (Wildman–Crippen LogP) is 3.31. The van der Waals surface area contributed by atoms with Gasteiger partial charge in [-0.2, -0.15) is 0 Å². The predicted molar refractivity (Wildman–Crippen MR) is 97.4 cm³/mol. The van der Waals surface area contributed by atoms with Crippen LogP contribution in [0, 0.1) is 0 Å². The largest absolute Gasteiger partial charge is 0.394 e. The molecular formula is C19H40O5. The van der Waals surface area contributed by atoms with Crippen molar-refractivity contribution >= 4 is 0 Å². The monoisotopic (exact) mass is 348 g/mol. The topological polar surface area (TPSA) is 68.2 Å². The maximum absolute atomic E-state index is 9.75. The van der Waals surface area contributed by atoms with Crippen LogP contribution in [0.1, 0.15) is 71.1 Å². The number of methoxy groups -OCH3 is 1. The fourth-order valence-corrected chi connectivity index (χ4v) is 2.55. The van der Waals surface area contributed by atoms with Crippen molar-refractivity contribution in [1.82, 2.24) is 0 Å². The highest BCUT2D eigenvalue weighted by Crippen LogP contribution is 2.10. The Bertz CT molecular complexity index is 238. The van der Waals surface area contributed by atoms with Gasteiger partial charge in [-0.3, -0.25) is 0 Å². The highest BCUT2D eigenvalue weighted by atomic mass is 16.5. The first-order valence-electron chi connectivity index (χ1n) is 9.71. The molecule has 2 atom stereocenters. The van der Waals surface area contributed by atoms with Gasteiger partial charge in [-0.25, -0.2) is 0 Å². The lowest BCUT2D eigenvalue weighted by molar-refractivity contribution is -0.0774. The molecule has 0 aliphatic heterocycles. The fraction of sp³-hybridized carbons (Fsp3) is 1.00. The second kappa shape index (κ2) is 19.1. The van der Waals surface area contributed by atoms with Crippen LogP contribution in [-0.4, -0.2) is 62.6 Å². The van der Waals surface area contributed by atoms with E-state index in [9.17, 15) is 5.11 Å². The molecule has 5 nitrogen and oxygen atoms in total. The van der Waals surface area contributed by atoms with Gasteiger partial charge >= 0.3 is 0 Å². The summed E-state index contributed by atoms with van der Waals surface area (Å²) >= 11 is 0. The zero-order chi connectivity index (χ0) is 17.9. The molecule has 0 aromatic rings. The van der Waals surface area contributed by atoms with Crippen molar-refractivity contribution < 1.29 is 24.4 Å². The van der Waals surface area contributed by atoms with Gasteiger partial charge in [0.15, 0.2) is 0 Å². The summed E-state index contributed by atoms with van der Waals surface area (Å²) in [7, 11) is 1.55. The second-order valence-corrected chi connectivity index (χ2v) is 6.50. The summed E-state index contributed by atoms with van der Waals surface area (Å²) in [5.74, 6) is 0. The summed E-state index contributed by atoms with van der Waals surface area (Å²) in [4.78, 5) is 0. The Morgan fingerprint density at radius 2 is 1.38 bits per heavy atom. The molecule has 146 valence electrons. The average Bonchev–Trinajstić information content (AvgIpc) is 2.59. The van der Waals surface area contributed by atoms with Crippen LogP contribution in [0.3, 0.4) is 0 Å². The first-order valence-corrected chi connectivity index (χ1v) is 9.71. The van der Waals surface area contributed by atoms with E-state index in [-0.39, 0.29) is 25.9 Å². The summed E-state index contributed by atoms with van der Waals surface area (Å²) in [6.07, 6.45) is 12.0. The van der Waals surface area contributed by atoms with Crippen LogP contribution in [-0.2, 0) is 14.2 Å². The molecule has 5 heteroatoms. The van der Waals surface area contributed by atoms with Crippen LogP contribution in [0.5, 0.6) is 0 Å². The molecule has 0 rings (SSSR count). The van der Waals surface area contributed by atoms with Crippen molar-refractivity contribution in [3.05, 3.63) is 0 Å². The second-order valence-electron chi connectivity index (χ2n) is 6.50. The van der Waals surface area contributed by atoms with Crippen molar-refractivity contribution in [2.75, 3.05) is 40.1 Å². The van der Waals surface area contributed by atoms with Crippen molar-refractivity contribution in [1.29, 1.82) is 0 Å². The van der Waals surface area contributed by atoms with Crippen LogP contribution in [0.2, 0.25) is 0 Å². The molecule has 0 amide bonds.